The number of benzene rings is 1. The lowest BCUT2D eigenvalue weighted by atomic mass is 10.1. The lowest BCUT2D eigenvalue weighted by molar-refractivity contribution is -0.139. The summed E-state index contributed by atoms with van der Waals surface area (Å²) >= 11 is 0. The first-order valence-electron chi connectivity index (χ1n) is 8.29. The fraction of sp³-hybridized carbons (Fsp3) is 0.556. The zero-order chi connectivity index (χ0) is 17.5. The minimum absolute atomic E-state index is 0.145. The maximum absolute atomic E-state index is 12.2. The molecule has 0 aliphatic heterocycles. The van der Waals surface area contributed by atoms with Crippen LogP contribution in [-0.4, -0.2) is 43.3 Å². The molecule has 1 aliphatic rings. The first-order valence-corrected chi connectivity index (χ1v) is 8.29. The van der Waals surface area contributed by atoms with E-state index in [1.54, 1.807) is 26.0 Å². The van der Waals surface area contributed by atoms with E-state index in [4.69, 9.17) is 14.6 Å². The molecule has 132 valence electrons. The van der Waals surface area contributed by atoms with Gasteiger partial charge >= 0.3 is 5.97 Å². The van der Waals surface area contributed by atoms with Crippen molar-refractivity contribution in [2.45, 2.75) is 33.1 Å². The van der Waals surface area contributed by atoms with Crippen LogP contribution in [0.4, 0.5) is 0 Å². The molecular weight excluding hydrogens is 310 g/mol. The summed E-state index contributed by atoms with van der Waals surface area (Å²) in [5.74, 6) is 0.0996. The van der Waals surface area contributed by atoms with Gasteiger partial charge in [-0.25, -0.2) is 4.79 Å². The van der Waals surface area contributed by atoms with Crippen molar-refractivity contribution in [3.8, 4) is 5.75 Å². The molecule has 6 heteroatoms. The van der Waals surface area contributed by atoms with Crippen LogP contribution in [0.1, 0.15) is 40.7 Å². The van der Waals surface area contributed by atoms with Gasteiger partial charge in [-0.1, -0.05) is 0 Å². The van der Waals surface area contributed by atoms with Crippen molar-refractivity contribution in [3.63, 3.8) is 0 Å². The lowest BCUT2D eigenvalue weighted by Crippen LogP contribution is -2.25. The van der Waals surface area contributed by atoms with Gasteiger partial charge in [0.05, 0.1) is 0 Å². The van der Waals surface area contributed by atoms with E-state index in [9.17, 15) is 9.59 Å². The number of carboxylic acids is 1. The third-order valence-corrected chi connectivity index (χ3v) is 3.86. The van der Waals surface area contributed by atoms with E-state index >= 15 is 0 Å². The Balaban J connectivity index is 1.79. The van der Waals surface area contributed by atoms with Crippen molar-refractivity contribution >= 4 is 11.9 Å². The largest absolute Gasteiger partial charge is 0.481 e. The third kappa shape index (κ3) is 5.85. The highest BCUT2D eigenvalue weighted by molar-refractivity contribution is 5.94. The van der Waals surface area contributed by atoms with Gasteiger partial charge in [0.1, 0.15) is 5.75 Å². The molecule has 1 aromatic carbocycles. The van der Waals surface area contributed by atoms with E-state index in [0.29, 0.717) is 24.5 Å². The maximum atomic E-state index is 12.2. The van der Waals surface area contributed by atoms with Crippen molar-refractivity contribution in [1.82, 2.24) is 5.32 Å². The third-order valence-electron chi connectivity index (χ3n) is 3.86. The van der Waals surface area contributed by atoms with Crippen LogP contribution in [0.3, 0.4) is 0 Å². The van der Waals surface area contributed by atoms with Crippen molar-refractivity contribution in [3.05, 3.63) is 28.8 Å². The summed E-state index contributed by atoms with van der Waals surface area (Å²) in [6, 6.07) is 3.42. The monoisotopic (exact) mass is 335 g/mol. The molecule has 2 N–H and O–H groups in total. The molecule has 1 saturated carbocycles. The highest BCUT2D eigenvalue weighted by Gasteiger charge is 2.20. The quantitative estimate of drug-likeness (QED) is 0.641. The highest BCUT2D eigenvalue weighted by Crippen LogP contribution is 2.28. The predicted molar refractivity (Wildman–Crippen MR) is 89.5 cm³/mol. The van der Waals surface area contributed by atoms with Gasteiger partial charge in [-0.15, -0.1) is 0 Å². The Labute approximate surface area is 142 Å². The van der Waals surface area contributed by atoms with Crippen LogP contribution in [0.25, 0.3) is 0 Å². The first-order chi connectivity index (χ1) is 11.5. The Morgan fingerprint density at radius 1 is 1.25 bits per heavy atom. The summed E-state index contributed by atoms with van der Waals surface area (Å²) in [6.07, 6.45) is 3.35. The van der Waals surface area contributed by atoms with E-state index in [-0.39, 0.29) is 5.91 Å². The number of rotatable bonds is 10. The molecule has 0 radical (unpaired) electrons. The van der Waals surface area contributed by atoms with E-state index in [1.807, 2.05) is 0 Å². The molecule has 0 atom stereocenters. The molecule has 1 fully saturated rings. The smallest absolute Gasteiger partial charge is 0.341 e. The van der Waals surface area contributed by atoms with Crippen LogP contribution in [0.5, 0.6) is 5.75 Å². The zero-order valence-electron chi connectivity index (χ0n) is 14.3. The molecule has 1 amide bonds. The molecule has 2 rings (SSSR count). The van der Waals surface area contributed by atoms with Gasteiger partial charge < -0.3 is 19.9 Å². The van der Waals surface area contributed by atoms with Gasteiger partial charge in [0.15, 0.2) is 6.61 Å². The number of hydrogen-bond acceptors (Lipinski definition) is 4. The first kappa shape index (κ1) is 18.3. The second-order valence-corrected chi connectivity index (χ2v) is 6.25. The SMILES string of the molecule is Cc1cc(C(=O)NCCCOCC2CC2)cc(C)c1OCC(=O)O. The number of ether oxygens (including phenoxy) is 2. The number of carbonyl (C=O) groups is 2. The molecule has 6 nitrogen and oxygen atoms in total. The maximum Gasteiger partial charge on any atom is 0.341 e. The number of hydrogen-bond donors (Lipinski definition) is 2. The van der Waals surface area contributed by atoms with Gasteiger partial charge in [-0.3, -0.25) is 4.79 Å². The van der Waals surface area contributed by atoms with Crippen molar-refractivity contribution in [2.24, 2.45) is 5.92 Å². The van der Waals surface area contributed by atoms with E-state index in [1.165, 1.54) is 12.8 Å². The fourth-order valence-corrected chi connectivity index (χ4v) is 2.46. The predicted octanol–water partition coefficient (Wildman–Crippen LogP) is 2.31. The molecule has 0 spiro atoms. The van der Waals surface area contributed by atoms with Crippen LogP contribution in [0.15, 0.2) is 12.1 Å². The number of aryl methyl sites for hydroxylation is 2. The second kappa shape index (κ2) is 8.68. The molecule has 0 bridgehead atoms. The number of aliphatic carboxylic acids is 1. The van der Waals surface area contributed by atoms with E-state index < -0.39 is 12.6 Å². The van der Waals surface area contributed by atoms with Crippen LogP contribution in [0.2, 0.25) is 0 Å². The minimum atomic E-state index is -1.03. The van der Waals surface area contributed by atoms with Gasteiger partial charge in [0.2, 0.25) is 0 Å². The fourth-order valence-electron chi connectivity index (χ4n) is 2.46. The normalized spacial score (nSPS) is 13.6. The molecule has 0 aromatic heterocycles. The Morgan fingerprint density at radius 2 is 1.92 bits per heavy atom. The van der Waals surface area contributed by atoms with Crippen LogP contribution >= 0.6 is 0 Å². The molecule has 1 aromatic rings. The van der Waals surface area contributed by atoms with Crippen LogP contribution in [-0.2, 0) is 9.53 Å². The van der Waals surface area contributed by atoms with Gasteiger partial charge in [0.25, 0.3) is 5.91 Å². The van der Waals surface area contributed by atoms with Crippen LogP contribution in [0, 0.1) is 19.8 Å². The molecule has 1 aliphatic carbocycles. The molecule has 0 unspecified atom stereocenters. The minimum Gasteiger partial charge on any atom is -0.481 e. The van der Waals surface area contributed by atoms with Crippen LogP contribution < -0.4 is 10.1 Å². The molecular formula is C18H25NO5. The highest BCUT2D eigenvalue weighted by atomic mass is 16.5. The van der Waals surface area contributed by atoms with Crippen molar-refractivity contribution < 1.29 is 24.2 Å². The van der Waals surface area contributed by atoms with E-state index in [0.717, 1.165) is 30.1 Å². The Kier molecular flexibility index (Phi) is 6.61. The Hall–Kier alpha value is -2.08. The Bertz CT molecular complexity index is 572. The number of carboxylic acid groups (broad SMARTS) is 1. The standard InChI is InChI=1S/C18H25NO5/c1-12-8-15(9-13(2)17(12)24-11-16(20)21)18(22)19-6-3-7-23-10-14-4-5-14/h8-9,14H,3-7,10-11H2,1-2H3,(H,19,22)(H,20,21). The number of nitrogens with one attached hydrogen (secondary N) is 1. The topological polar surface area (TPSA) is 84.9 Å². The molecule has 24 heavy (non-hydrogen) atoms. The van der Waals surface area contributed by atoms with Crippen molar-refractivity contribution in [1.29, 1.82) is 0 Å². The zero-order valence-corrected chi connectivity index (χ0v) is 14.3. The van der Waals surface area contributed by atoms with Gasteiger partial charge in [-0.05, 0) is 62.3 Å². The summed E-state index contributed by atoms with van der Waals surface area (Å²) < 4.78 is 10.8. The summed E-state index contributed by atoms with van der Waals surface area (Å²) in [5, 5.41) is 11.6. The average molecular weight is 335 g/mol. The number of carbonyl (C=O) groups excluding carboxylic acids is 1. The second-order valence-electron chi connectivity index (χ2n) is 6.25. The van der Waals surface area contributed by atoms with Gasteiger partial charge in [0, 0.05) is 25.3 Å². The summed E-state index contributed by atoms with van der Waals surface area (Å²) in [6.45, 7) is 5.27. The van der Waals surface area contributed by atoms with Gasteiger partial charge in [-0.2, -0.15) is 0 Å². The summed E-state index contributed by atoms with van der Waals surface area (Å²) in [7, 11) is 0. The molecule has 0 saturated heterocycles. The lowest BCUT2D eigenvalue weighted by Gasteiger charge is -2.13. The summed E-state index contributed by atoms with van der Waals surface area (Å²) in [4.78, 5) is 22.8. The molecule has 0 heterocycles. The van der Waals surface area contributed by atoms with E-state index in [2.05, 4.69) is 5.32 Å². The number of amides is 1. The summed E-state index contributed by atoms with van der Waals surface area (Å²) in [5.41, 5.74) is 2.04. The average Bonchev–Trinajstić information content (AvgIpc) is 3.33. The Morgan fingerprint density at radius 3 is 2.50 bits per heavy atom. The van der Waals surface area contributed by atoms with Crippen molar-refractivity contribution in [2.75, 3.05) is 26.4 Å².